The lowest BCUT2D eigenvalue weighted by Gasteiger charge is -2.38. The lowest BCUT2D eigenvalue weighted by Crippen LogP contribution is -2.35. The van der Waals surface area contributed by atoms with Crippen LogP contribution < -0.4 is 25.4 Å². The van der Waals surface area contributed by atoms with E-state index >= 15 is 0 Å². The minimum absolute atomic E-state index is 0.789. The van der Waals surface area contributed by atoms with Crippen LogP contribution in [0.3, 0.4) is 0 Å². The molecule has 3 heterocycles. The van der Waals surface area contributed by atoms with Crippen LogP contribution in [0.15, 0.2) is 103 Å². The van der Waals surface area contributed by atoms with Crippen molar-refractivity contribution in [3.8, 4) is 45.4 Å². The van der Waals surface area contributed by atoms with Crippen LogP contribution in [0.2, 0.25) is 0 Å². The molecule has 0 aliphatic carbocycles. The van der Waals surface area contributed by atoms with Crippen molar-refractivity contribution < 1.29 is 9.47 Å². The van der Waals surface area contributed by atoms with Gasteiger partial charge in [0.25, 0.3) is 0 Å². The largest absolute Gasteiger partial charge is 0.456 e. The van der Waals surface area contributed by atoms with Crippen LogP contribution in [-0.4, -0.2) is 4.98 Å². The first-order chi connectivity index (χ1) is 17.1. The van der Waals surface area contributed by atoms with Crippen molar-refractivity contribution in [2.75, 3.05) is 0 Å². The van der Waals surface area contributed by atoms with Crippen molar-refractivity contribution in [2.24, 2.45) is 0 Å². The molecule has 0 N–H and O–H groups in total. The maximum Gasteiger partial charge on any atom is 0.148 e. The van der Waals surface area contributed by atoms with Gasteiger partial charge in [-0.05, 0) is 67.1 Å². The van der Waals surface area contributed by atoms with Gasteiger partial charge in [0.2, 0.25) is 0 Å². The summed E-state index contributed by atoms with van der Waals surface area (Å²) >= 11 is 6.63. The molecule has 1 unspecified atom stereocenters. The third-order valence-electron chi connectivity index (χ3n) is 6.61. The number of rotatable bonds is 2. The molecule has 7 rings (SSSR count). The Hall–Kier alpha value is -3.72. The summed E-state index contributed by atoms with van der Waals surface area (Å²) in [4.78, 5) is 4.72. The number of para-hydroxylation sites is 2. The Morgan fingerprint density at radius 3 is 2.11 bits per heavy atom. The highest BCUT2D eigenvalue weighted by atomic mass is 32.4. The molecule has 1 aromatic heterocycles. The molecule has 2 aliphatic heterocycles. The van der Waals surface area contributed by atoms with E-state index in [0.717, 1.165) is 67.0 Å². The van der Waals surface area contributed by atoms with Crippen LogP contribution in [-0.2, 0) is 11.8 Å². The van der Waals surface area contributed by atoms with Crippen LogP contribution in [0.25, 0.3) is 22.4 Å². The predicted octanol–water partition coefficient (Wildman–Crippen LogP) is 6.69. The molecule has 0 fully saturated rings. The van der Waals surface area contributed by atoms with Gasteiger partial charge in [-0.25, -0.2) is 0 Å². The Morgan fingerprint density at radius 2 is 1.34 bits per heavy atom. The molecule has 0 radical (unpaired) electrons. The van der Waals surface area contributed by atoms with Crippen molar-refractivity contribution in [3.05, 3.63) is 109 Å². The maximum atomic E-state index is 6.63. The van der Waals surface area contributed by atoms with E-state index in [1.54, 1.807) is 0 Å². The minimum atomic E-state index is -2.37. The van der Waals surface area contributed by atoms with Crippen molar-refractivity contribution in [3.63, 3.8) is 0 Å². The van der Waals surface area contributed by atoms with E-state index in [9.17, 15) is 0 Å². The van der Waals surface area contributed by atoms with E-state index < -0.39 is 6.04 Å². The van der Waals surface area contributed by atoms with Crippen molar-refractivity contribution in [2.45, 2.75) is 6.92 Å². The first kappa shape index (κ1) is 20.6. The van der Waals surface area contributed by atoms with Crippen LogP contribution in [0.4, 0.5) is 0 Å². The van der Waals surface area contributed by atoms with Crippen molar-refractivity contribution >= 4 is 33.8 Å². The summed E-state index contributed by atoms with van der Waals surface area (Å²) in [5.41, 5.74) is 5.07. The van der Waals surface area contributed by atoms with Gasteiger partial charge in [-0.1, -0.05) is 60.3 Å². The fourth-order valence-electron chi connectivity index (χ4n) is 5.02. The van der Waals surface area contributed by atoms with Gasteiger partial charge >= 0.3 is 0 Å². The van der Waals surface area contributed by atoms with Gasteiger partial charge < -0.3 is 9.47 Å². The van der Waals surface area contributed by atoms with Crippen molar-refractivity contribution in [1.82, 2.24) is 4.98 Å². The lowest BCUT2D eigenvalue weighted by molar-refractivity contribution is 0.467. The van der Waals surface area contributed by atoms with E-state index in [1.807, 2.05) is 67.6 Å². The molecule has 0 amide bonds. The number of ether oxygens (including phenoxy) is 2. The summed E-state index contributed by atoms with van der Waals surface area (Å²) in [7, 11) is 0. The molecule has 0 spiro atoms. The molecule has 0 saturated carbocycles. The number of fused-ring (bicyclic) bond motifs is 4. The normalized spacial score (nSPS) is 16.8. The monoisotopic (exact) mass is 489 g/mol. The van der Waals surface area contributed by atoms with Gasteiger partial charge in [0, 0.05) is 27.4 Å². The van der Waals surface area contributed by atoms with Gasteiger partial charge in [0.1, 0.15) is 23.0 Å². The van der Waals surface area contributed by atoms with Gasteiger partial charge in [-0.3, -0.25) is 4.98 Å². The fourth-order valence-corrected chi connectivity index (χ4v) is 9.52. The molecule has 0 bridgehead atoms. The molecular weight excluding hydrogens is 469 g/mol. The molecule has 0 saturated heterocycles. The first-order valence-corrected chi connectivity index (χ1v) is 14.3. The van der Waals surface area contributed by atoms with Crippen LogP contribution in [0.1, 0.15) is 5.69 Å². The van der Waals surface area contributed by atoms with Crippen LogP contribution in [0.5, 0.6) is 23.0 Å². The van der Waals surface area contributed by atoms with E-state index in [1.165, 1.54) is 0 Å². The highest BCUT2D eigenvalue weighted by Crippen LogP contribution is 2.60. The number of hydrogen-bond donors (Lipinski definition) is 0. The zero-order valence-corrected chi connectivity index (χ0v) is 20.6. The fraction of sp³-hybridized carbons (Fsp3) is 0.0333. The average Bonchev–Trinajstić information content (AvgIpc) is 2.89. The number of aryl methyl sites for hydroxylation is 1. The number of aromatic nitrogens is 1. The number of nitrogens with zero attached hydrogens (tertiary/aromatic N) is 1. The molecule has 2 aliphatic rings. The molecular formula is C30H20NO2PS. The molecule has 1 atom stereocenters. The quantitative estimate of drug-likeness (QED) is 0.253. The molecule has 35 heavy (non-hydrogen) atoms. The topological polar surface area (TPSA) is 31.4 Å². The van der Waals surface area contributed by atoms with Gasteiger partial charge in [-0.2, -0.15) is 0 Å². The zero-order chi connectivity index (χ0) is 23.6. The predicted molar refractivity (Wildman–Crippen MR) is 146 cm³/mol. The van der Waals surface area contributed by atoms with Gasteiger partial charge in [0.05, 0.1) is 17.0 Å². The average molecular weight is 490 g/mol. The Kier molecular flexibility index (Phi) is 4.51. The molecule has 3 nitrogen and oxygen atoms in total. The van der Waals surface area contributed by atoms with E-state index in [0.29, 0.717) is 0 Å². The van der Waals surface area contributed by atoms with Crippen LogP contribution in [0, 0.1) is 6.92 Å². The summed E-state index contributed by atoms with van der Waals surface area (Å²) in [6.07, 6.45) is 0. The minimum Gasteiger partial charge on any atom is -0.456 e. The Balaban J connectivity index is 1.49. The Bertz CT molecular complexity index is 1700. The zero-order valence-electron chi connectivity index (χ0n) is 18.9. The Labute approximate surface area is 209 Å². The SMILES string of the molecule is Cc1cccc(-c2cccc(-c3ccc4c5c3Oc3ccccc3P5(=S)c3ccccc3O4)c2)n1. The van der Waals surface area contributed by atoms with Gasteiger partial charge in [-0.15, -0.1) is 0 Å². The second-order valence-electron chi connectivity index (χ2n) is 8.78. The second kappa shape index (κ2) is 7.64. The number of benzene rings is 4. The summed E-state index contributed by atoms with van der Waals surface area (Å²) < 4.78 is 13.0. The van der Waals surface area contributed by atoms with Crippen LogP contribution >= 0.6 is 6.04 Å². The summed E-state index contributed by atoms with van der Waals surface area (Å²) in [6.45, 7) is 2.01. The first-order valence-electron chi connectivity index (χ1n) is 11.5. The second-order valence-corrected chi connectivity index (χ2v) is 13.1. The van der Waals surface area contributed by atoms with E-state index in [-0.39, 0.29) is 0 Å². The lowest BCUT2D eigenvalue weighted by atomic mass is 10.00. The third kappa shape index (κ3) is 3.04. The maximum absolute atomic E-state index is 6.63. The van der Waals surface area contributed by atoms with E-state index in [2.05, 4.69) is 42.5 Å². The third-order valence-corrected chi connectivity index (χ3v) is 11.5. The Morgan fingerprint density at radius 1 is 0.657 bits per heavy atom. The molecule has 5 heteroatoms. The number of hydrogen-bond acceptors (Lipinski definition) is 4. The standard InChI is InChI=1S/C30H20NO2PS/c1-19-8-6-11-23(31-19)21-10-7-9-20(18-21)22-16-17-26-30-29(22)33-25-13-3-5-15-28(25)34(30,35)27-14-4-2-12-24(27)32-26/h2-18H,1H3. The summed E-state index contributed by atoms with van der Waals surface area (Å²) in [6, 6.07) is 32.6. The summed E-state index contributed by atoms with van der Waals surface area (Å²) in [5.74, 6) is 3.26. The van der Waals surface area contributed by atoms with Gasteiger partial charge in [0.15, 0.2) is 0 Å². The van der Waals surface area contributed by atoms with E-state index in [4.69, 9.17) is 26.3 Å². The number of pyridine rings is 1. The smallest absolute Gasteiger partial charge is 0.148 e. The molecule has 4 aromatic carbocycles. The summed E-state index contributed by atoms with van der Waals surface area (Å²) in [5, 5.41) is 3.16. The highest BCUT2D eigenvalue weighted by molar-refractivity contribution is 8.26. The molecule has 5 aromatic rings. The van der Waals surface area contributed by atoms with Crippen molar-refractivity contribution in [1.29, 1.82) is 0 Å². The molecule has 168 valence electrons. The highest BCUT2D eigenvalue weighted by Gasteiger charge is 2.43.